The minimum Gasteiger partial charge on any atom is -0.469 e. The molecule has 2 aromatic rings. The molecule has 1 N–H and O–H groups in total. The van der Waals surface area contributed by atoms with Gasteiger partial charge in [-0.1, -0.05) is 54.6 Å². The van der Waals surface area contributed by atoms with Crippen molar-refractivity contribution in [2.75, 3.05) is 13.7 Å². The average Bonchev–Trinajstić information content (AvgIpc) is 2.80. The van der Waals surface area contributed by atoms with Gasteiger partial charge in [-0.05, 0) is 50.3 Å². The van der Waals surface area contributed by atoms with E-state index in [0.717, 1.165) is 16.7 Å². The van der Waals surface area contributed by atoms with E-state index in [1.54, 1.807) is 25.7 Å². The molecule has 0 spiro atoms. The van der Waals surface area contributed by atoms with Gasteiger partial charge in [-0.2, -0.15) is 0 Å². The van der Waals surface area contributed by atoms with Gasteiger partial charge in [-0.15, -0.1) is 0 Å². The van der Waals surface area contributed by atoms with Crippen molar-refractivity contribution in [1.82, 2.24) is 10.2 Å². The number of hydrogen-bond donors (Lipinski definition) is 1. The summed E-state index contributed by atoms with van der Waals surface area (Å²) in [4.78, 5) is 40.1. The van der Waals surface area contributed by atoms with E-state index < -0.39 is 17.6 Å². The van der Waals surface area contributed by atoms with Crippen molar-refractivity contribution < 1.29 is 23.9 Å². The highest BCUT2D eigenvalue weighted by molar-refractivity contribution is 5.82. The number of rotatable bonds is 7. The molecule has 1 aliphatic heterocycles. The van der Waals surface area contributed by atoms with Crippen molar-refractivity contribution in [1.29, 1.82) is 0 Å². The lowest BCUT2D eigenvalue weighted by Crippen LogP contribution is -2.50. The highest BCUT2D eigenvalue weighted by Crippen LogP contribution is 2.27. The Labute approximate surface area is 201 Å². The number of carbonyl (C=O) groups excluding carboxylic acids is 3. The Morgan fingerprint density at radius 1 is 1.03 bits per heavy atom. The molecule has 0 bridgehead atoms. The maximum atomic E-state index is 13.9. The summed E-state index contributed by atoms with van der Waals surface area (Å²) < 4.78 is 10.3. The lowest BCUT2D eigenvalue weighted by Gasteiger charge is -2.38. The number of ether oxygens (including phenoxy) is 2. The van der Waals surface area contributed by atoms with Gasteiger partial charge >= 0.3 is 12.1 Å². The number of hydrogen-bond acceptors (Lipinski definition) is 5. The molecule has 0 fully saturated rings. The van der Waals surface area contributed by atoms with Crippen molar-refractivity contribution in [2.45, 2.75) is 58.2 Å². The Morgan fingerprint density at radius 3 is 2.32 bits per heavy atom. The second-order valence-corrected chi connectivity index (χ2v) is 9.64. The summed E-state index contributed by atoms with van der Waals surface area (Å²) in [5, 5.41) is 2.77. The third kappa shape index (κ3) is 7.07. The normalized spacial score (nSPS) is 16.2. The molecule has 34 heavy (non-hydrogen) atoms. The zero-order valence-corrected chi connectivity index (χ0v) is 20.4. The lowest BCUT2D eigenvalue weighted by atomic mass is 9.89. The molecule has 2 amide bonds. The standard InChI is InChI=1S/C27H34N2O5/c1-27(2,3)34-26(32)28-17-22(14-19-10-6-5-7-11-19)25(31)29-18-21-13-9-8-12-20(21)15-23(29)16-24(30)33-4/h5-13,22-23H,14-18H2,1-4H3,(H,28,32)/t22-,23+/m0/s1. The van der Waals surface area contributed by atoms with Gasteiger partial charge in [0.1, 0.15) is 5.60 Å². The molecule has 0 aromatic heterocycles. The molecule has 2 aromatic carbocycles. The molecule has 2 atom stereocenters. The predicted molar refractivity (Wildman–Crippen MR) is 129 cm³/mol. The number of amides is 2. The fourth-order valence-corrected chi connectivity index (χ4v) is 4.20. The predicted octanol–water partition coefficient (Wildman–Crippen LogP) is 3.89. The first kappa shape index (κ1) is 25.3. The van der Waals surface area contributed by atoms with Crippen molar-refractivity contribution in [3.63, 3.8) is 0 Å². The van der Waals surface area contributed by atoms with Gasteiger partial charge in [-0.25, -0.2) is 4.79 Å². The maximum Gasteiger partial charge on any atom is 0.407 e. The van der Waals surface area contributed by atoms with Gasteiger partial charge in [0.2, 0.25) is 5.91 Å². The van der Waals surface area contributed by atoms with Crippen LogP contribution >= 0.6 is 0 Å². The summed E-state index contributed by atoms with van der Waals surface area (Å²) in [7, 11) is 1.36. The molecule has 0 saturated carbocycles. The Hall–Kier alpha value is -3.35. The molecular formula is C27H34N2O5. The fourth-order valence-electron chi connectivity index (χ4n) is 4.20. The van der Waals surface area contributed by atoms with Crippen LogP contribution in [-0.2, 0) is 38.4 Å². The van der Waals surface area contributed by atoms with Crippen LogP contribution < -0.4 is 5.32 Å². The molecule has 7 nitrogen and oxygen atoms in total. The summed E-state index contributed by atoms with van der Waals surface area (Å²) in [5.41, 5.74) is 2.56. The second-order valence-electron chi connectivity index (χ2n) is 9.64. The van der Waals surface area contributed by atoms with Crippen molar-refractivity contribution in [2.24, 2.45) is 5.92 Å². The van der Waals surface area contributed by atoms with E-state index in [4.69, 9.17) is 9.47 Å². The number of esters is 1. The first-order chi connectivity index (χ1) is 16.2. The molecule has 7 heteroatoms. The van der Waals surface area contributed by atoms with Crippen LogP contribution in [0.1, 0.15) is 43.9 Å². The van der Waals surface area contributed by atoms with Crippen molar-refractivity contribution in [3.05, 3.63) is 71.3 Å². The average molecular weight is 467 g/mol. The molecule has 0 saturated heterocycles. The third-order valence-electron chi connectivity index (χ3n) is 5.83. The van der Waals surface area contributed by atoms with E-state index in [9.17, 15) is 14.4 Å². The van der Waals surface area contributed by atoms with E-state index in [0.29, 0.717) is 19.4 Å². The number of methoxy groups -OCH3 is 1. The SMILES string of the molecule is COC(=O)C[C@H]1Cc2ccccc2CN1C(=O)[C@H](CNC(=O)OC(C)(C)C)Cc1ccccc1. The Balaban J connectivity index is 1.84. The van der Waals surface area contributed by atoms with Crippen LogP contribution in [0.15, 0.2) is 54.6 Å². The quantitative estimate of drug-likeness (QED) is 0.626. The van der Waals surface area contributed by atoms with Crippen molar-refractivity contribution >= 4 is 18.0 Å². The van der Waals surface area contributed by atoms with E-state index in [2.05, 4.69) is 5.32 Å². The summed E-state index contributed by atoms with van der Waals surface area (Å²) in [6.45, 7) is 5.92. The van der Waals surface area contributed by atoms with E-state index in [1.165, 1.54) is 7.11 Å². The number of nitrogens with one attached hydrogen (secondary N) is 1. The van der Waals surface area contributed by atoms with Gasteiger partial charge in [0.05, 0.1) is 19.4 Å². The summed E-state index contributed by atoms with van der Waals surface area (Å²) in [6, 6.07) is 17.4. The summed E-state index contributed by atoms with van der Waals surface area (Å²) >= 11 is 0. The Kier molecular flexibility index (Phi) is 8.31. The van der Waals surface area contributed by atoms with Crippen LogP contribution in [0.3, 0.4) is 0 Å². The van der Waals surface area contributed by atoms with Crippen LogP contribution in [0, 0.1) is 5.92 Å². The smallest absolute Gasteiger partial charge is 0.407 e. The topological polar surface area (TPSA) is 84.9 Å². The first-order valence-corrected chi connectivity index (χ1v) is 11.6. The molecule has 0 aliphatic carbocycles. The van der Waals surface area contributed by atoms with Crippen LogP contribution in [0.5, 0.6) is 0 Å². The molecule has 0 radical (unpaired) electrons. The molecular weight excluding hydrogens is 432 g/mol. The van der Waals surface area contributed by atoms with Crippen LogP contribution in [-0.4, -0.2) is 48.2 Å². The van der Waals surface area contributed by atoms with Crippen molar-refractivity contribution in [3.8, 4) is 0 Å². The number of fused-ring (bicyclic) bond motifs is 1. The Morgan fingerprint density at radius 2 is 1.68 bits per heavy atom. The van der Waals surface area contributed by atoms with E-state index >= 15 is 0 Å². The fraction of sp³-hybridized carbons (Fsp3) is 0.444. The third-order valence-corrected chi connectivity index (χ3v) is 5.83. The van der Waals surface area contributed by atoms with Gasteiger partial charge in [0.15, 0.2) is 0 Å². The minimum absolute atomic E-state index is 0.108. The maximum absolute atomic E-state index is 13.9. The second kappa shape index (κ2) is 11.2. The zero-order valence-electron chi connectivity index (χ0n) is 20.4. The summed E-state index contributed by atoms with van der Waals surface area (Å²) in [5.74, 6) is -0.975. The van der Waals surface area contributed by atoms with Crippen LogP contribution in [0.4, 0.5) is 4.79 Å². The number of nitrogens with zero attached hydrogens (tertiary/aromatic N) is 1. The van der Waals surface area contributed by atoms with E-state index in [1.807, 2.05) is 54.6 Å². The molecule has 182 valence electrons. The molecule has 0 unspecified atom stereocenters. The van der Waals surface area contributed by atoms with Crippen LogP contribution in [0.2, 0.25) is 0 Å². The summed E-state index contributed by atoms with van der Waals surface area (Å²) in [6.07, 6.45) is 0.592. The van der Waals surface area contributed by atoms with Gasteiger partial charge in [0.25, 0.3) is 0 Å². The van der Waals surface area contributed by atoms with Gasteiger partial charge < -0.3 is 19.7 Å². The highest BCUT2D eigenvalue weighted by Gasteiger charge is 2.35. The lowest BCUT2D eigenvalue weighted by molar-refractivity contribution is -0.145. The van der Waals surface area contributed by atoms with E-state index in [-0.39, 0.29) is 30.9 Å². The zero-order chi connectivity index (χ0) is 24.7. The highest BCUT2D eigenvalue weighted by atomic mass is 16.6. The monoisotopic (exact) mass is 466 g/mol. The number of benzene rings is 2. The number of alkyl carbamates (subject to hydrolysis) is 1. The molecule has 1 heterocycles. The minimum atomic E-state index is -0.634. The Bertz CT molecular complexity index is 1000. The van der Waals surface area contributed by atoms with Gasteiger partial charge in [-0.3, -0.25) is 9.59 Å². The van der Waals surface area contributed by atoms with Crippen LogP contribution in [0.25, 0.3) is 0 Å². The largest absolute Gasteiger partial charge is 0.469 e. The molecule has 1 aliphatic rings. The number of carbonyl (C=O) groups is 3. The van der Waals surface area contributed by atoms with Gasteiger partial charge in [0, 0.05) is 19.1 Å². The first-order valence-electron chi connectivity index (χ1n) is 11.6. The molecule has 3 rings (SSSR count).